The van der Waals surface area contributed by atoms with Crippen molar-refractivity contribution in [3.8, 4) is 0 Å². The summed E-state index contributed by atoms with van der Waals surface area (Å²) in [5, 5.41) is 7.03. The molecule has 1 aromatic heterocycles. The van der Waals surface area contributed by atoms with Crippen molar-refractivity contribution in [3.05, 3.63) is 10.6 Å². The maximum absolute atomic E-state index is 5.19. The third kappa shape index (κ3) is 2.42. The minimum absolute atomic E-state index is 0.367. The van der Waals surface area contributed by atoms with Gasteiger partial charge in [-0.15, -0.1) is 0 Å². The van der Waals surface area contributed by atoms with Gasteiger partial charge in [0.15, 0.2) is 4.77 Å². The van der Waals surface area contributed by atoms with E-state index in [1.54, 1.807) is 0 Å². The van der Waals surface area contributed by atoms with Crippen molar-refractivity contribution in [1.29, 1.82) is 0 Å². The first kappa shape index (κ1) is 11.4. The largest absolute Gasteiger partial charge is 0.307 e. The first-order chi connectivity index (χ1) is 6.56. The summed E-state index contributed by atoms with van der Waals surface area (Å²) in [6.07, 6.45) is 0.908. The molecule has 0 aromatic carbocycles. The summed E-state index contributed by atoms with van der Waals surface area (Å²) in [5.41, 5.74) is 0. The summed E-state index contributed by atoms with van der Waals surface area (Å²) < 4.78 is 2.81. The van der Waals surface area contributed by atoms with Gasteiger partial charge in [-0.1, -0.05) is 6.92 Å². The summed E-state index contributed by atoms with van der Waals surface area (Å²) in [6, 6.07) is 0.367. The van der Waals surface area contributed by atoms with Gasteiger partial charge in [-0.25, -0.2) is 0 Å². The maximum atomic E-state index is 5.19. The van der Waals surface area contributed by atoms with Gasteiger partial charge in [-0.2, -0.15) is 5.10 Å². The molecule has 0 bridgehead atoms. The molecule has 1 N–H and O–H groups in total. The molecule has 0 fully saturated rings. The number of nitrogens with one attached hydrogen (secondary N) is 1. The third-order valence-corrected chi connectivity index (χ3v) is 2.45. The summed E-state index contributed by atoms with van der Waals surface area (Å²) >= 11 is 5.19. The third-order valence-electron chi connectivity index (χ3n) is 2.16. The first-order valence-corrected chi connectivity index (χ1v) is 5.27. The van der Waals surface area contributed by atoms with Gasteiger partial charge in [0, 0.05) is 19.0 Å². The second kappa shape index (κ2) is 4.70. The molecule has 1 unspecified atom stereocenters. The fraction of sp³-hybridized carbons (Fsp3) is 0.778. The van der Waals surface area contributed by atoms with Gasteiger partial charge in [0.1, 0.15) is 5.82 Å². The van der Waals surface area contributed by atoms with Crippen molar-refractivity contribution >= 4 is 12.2 Å². The van der Waals surface area contributed by atoms with Crippen molar-refractivity contribution < 1.29 is 0 Å². The number of aromatic nitrogens is 3. The van der Waals surface area contributed by atoms with Crippen LogP contribution in [0.4, 0.5) is 0 Å². The Bertz CT molecular complexity index is 339. The standard InChI is InChI=1S/C9H18N4S/c1-5-8-10-11-9(14)13(8)7(2)6-12(3)4/h7H,5-6H2,1-4H3,(H,11,14). The van der Waals surface area contributed by atoms with Crippen LogP contribution < -0.4 is 0 Å². The molecule has 1 heterocycles. The molecular weight excluding hydrogens is 196 g/mol. The highest BCUT2D eigenvalue weighted by atomic mass is 32.1. The van der Waals surface area contributed by atoms with Crippen LogP contribution >= 0.6 is 12.2 Å². The molecule has 14 heavy (non-hydrogen) atoms. The second-order valence-electron chi connectivity index (χ2n) is 3.78. The Hall–Kier alpha value is -0.680. The molecule has 0 spiro atoms. The number of aromatic amines is 1. The molecule has 1 aromatic rings. The lowest BCUT2D eigenvalue weighted by atomic mass is 10.3. The molecule has 0 aliphatic heterocycles. The number of H-pyrrole nitrogens is 1. The molecule has 0 radical (unpaired) electrons. The van der Waals surface area contributed by atoms with E-state index in [-0.39, 0.29) is 0 Å². The number of nitrogens with zero attached hydrogens (tertiary/aromatic N) is 3. The van der Waals surface area contributed by atoms with Crippen LogP contribution in [0, 0.1) is 4.77 Å². The highest BCUT2D eigenvalue weighted by molar-refractivity contribution is 7.71. The fourth-order valence-electron chi connectivity index (χ4n) is 1.65. The fourth-order valence-corrected chi connectivity index (χ4v) is 1.98. The number of aryl methyl sites for hydroxylation is 1. The normalized spacial score (nSPS) is 13.5. The number of hydrogen-bond acceptors (Lipinski definition) is 3. The second-order valence-corrected chi connectivity index (χ2v) is 4.17. The molecular formula is C9H18N4S. The maximum Gasteiger partial charge on any atom is 0.195 e. The van der Waals surface area contributed by atoms with Gasteiger partial charge < -0.3 is 9.47 Å². The van der Waals surface area contributed by atoms with Crippen LogP contribution in [0.3, 0.4) is 0 Å². The first-order valence-electron chi connectivity index (χ1n) is 4.86. The van der Waals surface area contributed by atoms with Gasteiger partial charge in [0.05, 0.1) is 0 Å². The van der Waals surface area contributed by atoms with Crippen molar-refractivity contribution in [2.24, 2.45) is 0 Å². The SMILES string of the molecule is CCc1n[nH]c(=S)n1C(C)CN(C)C. The van der Waals surface area contributed by atoms with E-state index in [1.807, 2.05) is 0 Å². The Morgan fingerprint density at radius 3 is 2.71 bits per heavy atom. The topological polar surface area (TPSA) is 36.9 Å². The molecule has 0 saturated carbocycles. The smallest absolute Gasteiger partial charge is 0.195 e. The lowest BCUT2D eigenvalue weighted by molar-refractivity contribution is 0.331. The highest BCUT2D eigenvalue weighted by Gasteiger charge is 2.11. The molecule has 1 atom stereocenters. The summed E-state index contributed by atoms with van der Waals surface area (Å²) in [6.45, 7) is 5.22. The van der Waals surface area contributed by atoms with Crippen LogP contribution in [0.15, 0.2) is 0 Å². The van der Waals surface area contributed by atoms with E-state index in [9.17, 15) is 0 Å². The number of hydrogen-bond donors (Lipinski definition) is 1. The number of rotatable bonds is 4. The Morgan fingerprint density at radius 2 is 2.21 bits per heavy atom. The highest BCUT2D eigenvalue weighted by Crippen LogP contribution is 2.10. The average Bonchev–Trinajstić information content (AvgIpc) is 2.45. The van der Waals surface area contributed by atoms with Gasteiger partial charge in [-0.05, 0) is 33.2 Å². The van der Waals surface area contributed by atoms with Crippen LogP contribution in [0.5, 0.6) is 0 Å². The van der Waals surface area contributed by atoms with Crippen LogP contribution in [-0.2, 0) is 6.42 Å². The summed E-state index contributed by atoms with van der Waals surface area (Å²) in [7, 11) is 4.12. The Kier molecular flexibility index (Phi) is 3.83. The van der Waals surface area contributed by atoms with Gasteiger partial charge in [0.2, 0.25) is 0 Å². The minimum Gasteiger partial charge on any atom is -0.307 e. The molecule has 0 aliphatic carbocycles. The van der Waals surface area contributed by atoms with E-state index in [1.165, 1.54) is 0 Å². The van der Waals surface area contributed by atoms with E-state index in [0.29, 0.717) is 6.04 Å². The van der Waals surface area contributed by atoms with Crippen LogP contribution in [0.1, 0.15) is 25.7 Å². The predicted octanol–water partition coefficient (Wildman–Crippen LogP) is 1.63. The zero-order valence-electron chi connectivity index (χ0n) is 9.24. The lowest BCUT2D eigenvalue weighted by Gasteiger charge is -2.19. The molecule has 1 rings (SSSR count). The minimum atomic E-state index is 0.367. The summed E-state index contributed by atoms with van der Waals surface area (Å²) in [5.74, 6) is 1.03. The molecule has 5 heteroatoms. The summed E-state index contributed by atoms with van der Waals surface area (Å²) in [4.78, 5) is 2.15. The van der Waals surface area contributed by atoms with Crippen molar-refractivity contribution in [3.63, 3.8) is 0 Å². The van der Waals surface area contributed by atoms with Crippen LogP contribution in [0.2, 0.25) is 0 Å². The Labute approximate surface area is 89.9 Å². The molecule has 0 aliphatic rings. The van der Waals surface area contributed by atoms with Gasteiger partial charge >= 0.3 is 0 Å². The zero-order valence-corrected chi connectivity index (χ0v) is 10.1. The van der Waals surface area contributed by atoms with E-state index >= 15 is 0 Å². The van der Waals surface area contributed by atoms with Crippen molar-refractivity contribution in [2.75, 3.05) is 20.6 Å². The lowest BCUT2D eigenvalue weighted by Crippen LogP contribution is -2.23. The monoisotopic (exact) mass is 214 g/mol. The Balaban J connectivity index is 2.92. The Morgan fingerprint density at radius 1 is 1.57 bits per heavy atom. The van der Waals surface area contributed by atoms with E-state index in [0.717, 1.165) is 23.6 Å². The van der Waals surface area contributed by atoms with E-state index < -0.39 is 0 Å². The average molecular weight is 214 g/mol. The van der Waals surface area contributed by atoms with E-state index in [4.69, 9.17) is 12.2 Å². The quantitative estimate of drug-likeness (QED) is 0.774. The van der Waals surface area contributed by atoms with Crippen LogP contribution in [-0.4, -0.2) is 40.3 Å². The molecule has 4 nitrogen and oxygen atoms in total. The van der Waals surface area contributed by atoms with Crippen molar-refractivity contribution in [2.45, 2.75) is 26.3 Å². The number of likely N-dealkylation sites (N-methyl/N-ethyl adjacent to an activating group) is 1. The zero-order chi connectivity index (χ0) is 10.7. The van der Waals surface area contributed by atoms with Gasteiger partial charge in [0.25, 0.3) is 0 Å². The predicted molar refractivity (Wildman–Crippen MR) is 60.1 cm³/mol. The molecule has 80 valence electrons. The molecule has 0 amide bonds. The van der Waals surface area contributed by atoms with Gasteiger partial charge in [-0.3, -0.25) is 5.10 Å². The van der Waals surface area contributed by atoms with Crippen LogP contribution in [0.25, 0.3) is 0 Å². The van der Waals surface area contributed by atoms with E-state index in [2.05, 4.69) is 47.6 Å². The molecule has 0 saturated heterocycles. The van der Waals surface area contributed by atoms with Crippen molar-refractivity contribution in [1.82, 2.24) is 19.7 Å².